The number of hydrogen-bond acceptors (Lipinski definition) is 5. The van der Waals surface area contributed by atoms with E-state index in [9.17, 15) is 14.4 Å². The van der Waals surface area contributed by atoms with Crippen LogP contribution in [0.15, 0.2) is 23.0 Å². The number of benzene rings is 1. The number of carbonyl (C=O) groups is 2. The van der Waals surface area contributed by atoms with E-state index < -0.39 is 17.4 Å². The van der Waals surface area contributed by atoms with E-state index >= 15 is 0 Å². The molecule has 1 fully saturated rings. The zero-order valence-corrected chi connectivity index (χ0v) is 17.7. The average molecular weight is 430 g/mol. The van der Waals surface area contributed by atoms with Gasteiger partial charge in [-0.15, -0.1) is 0 Å². The van der Waals surface area contributed by atoms with Crippen LogP contribution in [0.25, 0.3) is 0 Å². The third-order valence-corrected chi connectivity index (χ3v) is 5.91. The fraction of sp³-hybridized carbons (Fsp3) is 0.429. The molecule has 0 saturated carbocycles. The first kappa shape index (κ1) is 20.4. The third-order valence-electron chi connectivity index (χ3n) is 5.59. The molecule has 0 spiro atoms. The minimum Gasteiger partial charge on any atom is -0.342 e. The van der Waals surface area contributed by atoms with E-state index in [0.29, 0.717) is 22.6 Å². The zero-order valence-electron chi connectivity index (χ0n) is 16.9. The van der Waals surface area contributed by atoms with Crippen LogP contribution in [0.4, 0.5) is 17.5 Å². The van der Waals surface area contributed by atoms with Crippen LogP contribution in [-0.2, 0) is 9.59 Å². The van der Waals surface area contributed by atoms with Gasteiger partial charge in [-0.3, -0.25) is 19.4 Å². The zero-order chi connectivity index (χ0) is 21.4. The van der Waals surface area contributed by atoms with Gasteiger partial charge < -0.3 is 15.5 Å². The van der Waals surface area contributed by atoms with Crippen LogP contribution in [0.1, 0.15) is 43.2 Å². The molecule has 158 valence electrons. The van der Waals surface area contributed by atoms with E-state index in [1.54, 1.807) is 12.1 Å². The highest BCUT2D eigenvalue weighted by atomic mass is 35.5. The number of nitrogens with one attached hydrogen (secondary N) is 3. The molecule has 9 heteroatoms. The summed E-state index contributed by atoms with van der Waals surface area (Å²) in [5.74, 6) is -0.701. The Hall–Kier alpha value is -2.87. The summed E-state index contributed by atoms with van der Waals surface area (Å²) in [7, 11) is 0. The molecule has 30 heavy (non-hydrogen) atoms. The number of H-pyrrole nitrogens is 1. The van der Waals surface area contributed by atoms with Gasteiger partial charge in [0.2, 0.25) is 17.8 Å². The van der Waals surface area contributed by atoms with Crippen molar-refractivity contribution in [1.29, 1.82) is 0 Å². The van der Waals surface area contributed by atoms with Crippen LogP contribution in [0.5, 0.6) is 0 Å². The van der Waals surface area contributed by atoms with Crippen LogP contribution in [0.2, 0.25) is 5.02 Å². The highest BCUT2D eigenvalue weighted by Crippen LogP contribution is 2.32. The van der Waals surface area contributed by atoms with Crippen molar-refractivity contribution < 1.29 is 9.59 Å². The lowest BCUT2D eigenvalue weighted by Gasteiger charge is -2.32. The number of aryl methyl sites for hydroxylation is 1. The summed E-state index contributed by atoms with van der Waals surface area (Å²) in [5, 5.41) is 5.79. The number of hydrogen-bond donors (Lipinski definition) is 3. The summed E-state index contributed by atoms with van der Waals surface area (Å²) in [6.45, 7) is 5.62. The van der Waals surface area contributed by atoms with Crippen molar-refractivity contribution in [3.05, 3.63) is 44.7 Å². The molecule has 1 aromatic heterocycles. The molecule has 0 radical (unpaired) electrons. The Morgan fingerprint density at radius 1 is 1.33 bits per heavy atom. The summed E-state index contributed by atoms with van der Waals surface area (Å²) < 4.78 is 0. The fourth-order valence-corrected chi connectivity index (χ4v) is 4.34. The summed E-state index contributed by atoms with van der Waals surface area (Å²) in [5.41, 5.74) is 1.15. The number of aromatic nitrogens is 2. The van der Waals surface area contributed by atoms with Gasteiger partial charge in [0.25, 0.3) is 5.56 Å². The Labute approximate surface area is 179 Å². The standard InChI is InChI=1S/C21H24ClN5O3/c1-11-5-6-15(14(22)8-11)23-19(29)13-9-16(28)24-18-17(13)20(30)26-21(25-18)27-7-3-4-12(2)10-27/h5-6,8,12-13H,3-4,7,9-10H2,1-2H3,(H,23,29)(H2,24,25,26,28,30)/t12-,13-/m1/s1. The predicted octanol–water partition coefficient (Wildman–Crippen LogP) is 3.03. The first-order valence-corrected chi connectivity index (χ1v) is 10.5. The Kier molecular flexibility index (Phi) is 5.51. The Morgan fingerprint density at radius 2 is 2.13 bits per heavy atom. The number of rotatable bonds is 3. The monoisotopic (exact) mass is 429 g/mol. The van der Waals surface area contributed by atoms with E-state index in [1.807, 2.05) is 17.9 Å². The second-order valence-corrected chi connectivity index (χ2v) is 8.53. The van der Waals surface area contributed by atoms with Crippen molar-refractivity contribution in [3.8, 4) is 0 Å². The molecule has 0 unspecified atom stereocenters. The SMILES string of the molecule is Cc1ccc(NC(=O)[C@@H]2CC(=O)Nc3nc(N4CCC[C@@H](C)C4)[nH]c(=O)c32)c(Cl)c1. The van der Waals surface area contributed by atoms with Crippen molar-refractivity contribution in [2.75, 3.05) is 28.6 Å². The Morgan fingerprint density at radius 3 is 2.87 bits per heavy atom. The summed E-state index contributed by atoms with van der Waals surface area (Å²) >= 11 is 6.21. The first-order valence-electron chi connectivity index (χ1n) is 10.1. The molecule has 1 saturated heterocycles. The van der Waals surface area contributed by atoms with E-state index in [-0.39, 0.29) is 23.7 Å². The number of anilines is 3. The van der Waals surface area contributed by atoms with E-state index in [0.717, 1.165) is 31.5 Å². The largest absolute Gasteiger partial charge is 0.342 e. The fourth-order valence-electron chi connectivity index (χ4n) is 4.06. The lowest BCUT2D eigenvalue weighted by Crippen LogP contribution is -2.40. The van der Waals surface area contributed by atoms with Crippen LogP contribution >= 0.6 is 11.6 Å². The lowest BCUT2D eigenvalue weighted by molar-refractivity contribution is -0.123. The van der Waals surface area contributed by atoms with E-state index in [1.165, 1.54) is 0 Å². The van der Waals surface area contributed by atoms with Crippen LogP contribution < -0.4 is 21.1 Å². The van der Waals surface area contributed by atoms with Crippen LogP contribution in [-0.4, -0.2) is 34.9 Å². The van der Waals surface area contributed by atoms with Gasteiger partial charge in [0.05, 0.1) is 22.2 Å². The number of halogens is 1. The molecule has 2 aromatic rings. The van der Waals surface area contributed by atoms with Crippen molar-refractivity contribution in [3.63, 3.8) is 0 Å². The Balaban J connectivity index is 1.65. The topological polar surface area (TPSA) is 107 Å². The molecule has 2 amide bonds. The van der Waals surface area contributed by atoms with Gasteiger partial charge in [-0.25, -0.2) is 0 Å². The van der Waals surface area contributed by atoms with E-state index in [2.05, 4.69) is 27.5 Å². The summed E-state index contributed by atoms with van der Waals surface area (Å²) in [6, 6.07) is 5.25. The molecule has 3 heterocycles. The lowest BCUT2D eigenvalue weighted by atomic mass is 9.92. The molecular weight excluding hydrogens is 406 g/mol. The summed E-state index contributed by atoms with van der Waals surface area (Å²) in [4.78, 5) is 47.4. The Bertz CT molecular complexity index is 1070. The highest BCUT2D eigenvalue weighted by Gasteiger charge is 2.35. The van der Waals surface area contributed by atoms with Gasteiger partial charge in [-0.2, -0.15) is 4.98 Å². The van der Waals surface area contributed by atoms with Crippen molar-refractivity contribution in [2.45, 2.75) is 39.0 Å². The number of carbonyl (C=O) groups excluding carboxylic acids is 2. The first-order chi connectivity index (χ1) is 14.3. The number of fused-ring (bicyclic) bond motifs is 1. The number of amides is 2. The molecular formula is C21H24ClN5O3. The molecule has 8 nitrogen and oxygen atoms in total. The van der Waals surface area contributed by atoms with Gasteiger partial charge in [0.1, 0.15) is 5.82 Å². The van der Waals surface area contributed by atoms with Gasteiger partial charge in [-0.05, 0) is 43.4 Å². The highest BCUT2D eigenvalue weighted by molar-refractivity contribution is 6.33. The summed E-state index contributed by atoms with van der Waals surface area (Å²) in [6.07, 6.45) is 2.01. The third kappa shape index (κ3) is 4.05. The number of aromatic amines is 1. The molecule has 0 bridgehead atoms. The van der Waals surface area contributed by atoms with Gasteiger partial charge >= 0.3 is 0 Å². The molecule has 4 rings (SSSR count). The maximum Gasteiger partial charge on any atom is 0.258 e. The molecule has 2 aliphatic rings. The maximum atomic E-state index is 13.0. The van der Waals surface area contributed by atoms with Gasteiger partial charge in [0, 0.05) is 19.5 Å². The molecule has 1 aromatic carbocycles. The van der Waals surface area contributed by atoms with Crippen molar-refractivity contribution in [1.82, 2.24) is 9.97 Å². The van der Waals surface area contributed by atoms with Crippen molar-refractivity contribution >= 4 is 40.9 Å². The predicted molar refractivity (Wildman–Crippen MR) is 116 cm³/mol. The van der Waals surface area contributed by atoms with Crippen LogP contribution in [0, 0.1) is 12.8 Å². The van der Waals surface area contributed by atoms with Crippen molar-refractivity contribution in [2.24, 2.45) is 5.92 Å². The molecule has 2 aliphatic heterocycles. The second-order valence-electron chi connectivity index (χ2n) is 8.12. The van der Waals surface area contributed by atoms with Gasteiger partial charge in [-0.1, -0.05) is 24.6 Å². The second kappa shape index (κ2) is 8.10. The number of piperidine rings is 1. The minimum absolute atomic E-state index is 0.132. The molecule has 0 aliphatic carbocycles. The van der Waals surface area contributed by atoms with Gasteiger partial charge in [0.15, 0.2) is 0 Å². The smallest absolute Gasteiger partial charge is 0.258 e. The van der Waals surface area contributed by atoms with E-state index in [4.69, 9.17) is 11.6 Å². The average Bonchev–Trinajstić information content (AvgIpc) is 2.69. The molecule has 3 N–H and O–H groups in total. The minimum atomic E-state index is -0.948. The van der Waals surface area contributed by atoms with Crippen LogP contribution in [0.3, 0.4) is 0 Å². The quantitative estimate of drug-likeness (QED) is 0.695. The normalized spacial score (nSPS) is 21.0. The maximum absolute atomic E-state index is 13.0. The number of nitrogens with zero attached hydrogens (tertiary/aromatic N) is 2. The molecule has 2 atom stereocenters.